The number of hydrogen-bond acceptors (Lipinski definition) is 2. The Balaban J connectivity index is 2.88. The SMILES string of the molecule is C=C(C)C#CC(OC(=O)c1cccc(C)c1)C(C)CCC. The van der Waals surface area contributed by atoms with E-state index < -0.39 is 6.10 Å². The minimum absolute atomic E-state index is 0.204. The zero-order valence-corrected chi connectivity index (χ0v) is 13.4. The van der Waals surface area contributed by atoms with Crippen molar-refractivity contribution in [1.29, 1.82) is 0 Å². The monoisotopic (exact) mass is 284 g/mol. The summed E-state index contributed by atoms with van der Waals surface area (Å²) >= 11 is 0. The molecule has 0 heterocycles. The van der Waals surface area contributed by atoms with Crippen LogP contribution in [-0.4, -0.2) is 12.1 Å². The van der Waals surface area contributed by atoms with Crippen LogP contribution in [0.25, 0.3) is 0 Å². The van der Waals surface area contributed by atoms with Gasteiger partial charge in [-0.25, -0.2) is 4.79 Å². The minimum Gasteiger partial charge on any atom is -0.445 e. The van der Waals surface area contributed by atoms with Gasteiger partial charge in [0.05, 0.1) is 5.56 Å². The van der Waals surface area contributed by atoms with Gasteiger partial charge in [-0.15, -0.1) is 0 Å². The van der Waals surface area contributed by atoms with Crippen molar-refractivity contribution in [1.82, 2.24) is 0 Å². The Bertz CT molecular complexity index is 560. The fourth-order valence-electron chi connectivity index (χ4n) is 2.04. The normalized spacial score (nSPS) is 12.8. The van der Waals surface area contributed by atoms with Gasteiger partial charge in [0, 0.05) is 5.92 Å². The molecule has 112 valence electrons. The van der Waals surface area contributed by atoms with Crippen LogP contribution in [0.3, 0.4) is 0 Å². The molecule has 21 heavy (non-hydrogen) atoms. The molecule has 1 aromatic rings. The molecule has 0 N–H and O–H groups in total. The predicted octanol–water partition coefficient (Wildman–Crippen LogP) is 4.54. The Morgan fingerprint density at radius 2 is 2.14 bits per heavy atom. The van der Waals surface area contributed by atoms with E-state index in [0.717, 1.165) is 24.0 Å². The number of aryl methyl sites for hydroxylation is 1. The zero-order valence-electron chi connectivity index (χ0n) is 13.4. The Morgan fingerprint density at radius 3 is 2.71 bits per heavy atom. The summed E-state index contributed by atoms with van der Waals surface area (Å²) in [6.07, 6.45) is 1.61. The van der Waals surface area contributed by atoms with Gasteiger partial charge < -0.3 is 4.74 Å². The van der Waals surface area contributed by atoms with Gasteiger partial charge in [-0.1, -0.05) is 56.4 Å². The molecule has 0 radical (unpaired) electrons. The maximum atomic E-state index is 12.2. The van der Waals surface area contributed by atoms with E-state index in [-0.39, 0.29) is 11.9 Å². The van der Waals surface area contributed by atoms with E-state index in [9.17, 15) is 4.79 Å². The first-order chi connectivity index (χ1) is 9.93. The zero-order chi connectivity index (χ0) is 15.8. The molecule has 2 atom stereocenters. The minimum atomic E-state index is -0.394. The Hall–Kier alpha value is -2.01. The van der Waals surface area contributed by atoms with Gasteiger partial charge in [0.15, 0.2) is 6.10 Å². The molecule has 0 saturated heterocycles. The number of hydrogen-bond donors (Lipinski definition) is 0. The van der Waals surface area contributed by atoms with Gasteiger partial charge in [0.25, 0.3) is 0 Å². The molecule has 0 aromatic heterocycles. The lowest BCUT2D eigenvalue weighted by molar-refractivity contribution is 0.0305. The van der Waals surface area contributed by atoms with Crippen LogP contribution in [0.15, 0.2) is 36.4 Å². The molecule has 0 aliphatic rings. The molecular formula is C19H24O2. The third kappa shape index (κ3) is 5.87. The number of ether oxygens (including phenoxy) is 1. The van der Waals surface area contributed by atoms with Crippen LogP contribution in [0.1, 0.15) is 49.5 Å². The topological polar surface area (TPSA) is 26.3 Å². The summed E-state index contributed by atoms with van der Waals surface area (Å²) in [5, 5.41) is 0. The van der Waals surface area contributed by atoms with E-state index in [0.29, 0.717) is 5.56 Å². The molecule has 1 rings (SSSR count). The number of carbonyl (C=O) groups excluding carboxylic acids is 1. The summed E-state index contributed by atoms with van der Waals surface area (Å²) in [6.45, 7) is 11.7. The van der Waals surface area contributed by atoms with Gasteiger partial charge in [-0.05, 0) is 38.0 Å². The number of allylic oxidation sites excluding steroid dienone is 1. The number of esters is 1. The lowest BCUT2D eigenvalue weighted by Gasteiger charge is -2.19. The van der Waals surface area contributed by atoms with Crippen LogP contribution >= 0.6 is 0 Å². The number of benzene rings is 1. The predicted molar refractivity (Wildman–Crippen MR) is 87.0 cm³/mol. The second-order valence-corrected chi connectivity index (χ2v) is 5.51. The molecule has 0 spiro atoms. The fraction of sp³-hybridized carbons (Fsp3) is 0.421. The average molecular weight is 284 g/mol. The Kier molecular flexibility index (Phi) is 6.75. The van der Waals surface area contributed by atoms with E-state index in [4.69, 9.17) is 4.74 Å². The molecule has 0 aliphatic heterocycles. The van der Waals surface area contributed by atoms with E-state index in [2.05, 4.69) is 32.3 Å². The van der Waals surface area contributed by atoms with Crippen molar-refractivity contribution in [2.24, 2.45) is 5.92 Å². The quantitative estimate of drug-likeness (QED) is 0.586. The van der Waals surface area contributed by atoms with E-state index in [1.165, 1.54) is 0 Å². The lowest BCUT2D eigenvalue weighted by Crippen LogP contribution is -2.24. The van der Waals surface area contributed by atoms with Crippen molar-refractivity contribution in [2.45, 2.75) is 46.6 Å². The molecule has 0 amide bonds. The van der Waals surface area contributed by atoms with Gasteiger partial charge in [-0.3, -0.25) is 0 Å². The van der Waals surface area contributed by atoms with Crippen LogP contribution in [0.4, 0.5) is 0 Å². The van der Waals surface area contributed by atoms with Crippen molar-refractivity contribution < 1.29 is 9.53 Å². The average Bonchev–Trinajstić information content (AvgIpc) is 2.43. The fourth-order valence-corrected chi connectivity index (χ4v) is 2.04. The Labute approximate surface area is 128 Å². The van der Waals surface area contributed by atoms with Crippen LogP contribution in [0.2, 0.25) is 0 Å². The van der Waals surface area contributed by atoms with Crippen molar-refractivity contribution in [3.8, 4) is 11.8 Å². The third-order valence-electron chi connectivity index (χ3n) is 3.18. The largest absolute Gasteiger partial charge is 0.445 e. The first-order valence-electron chi connectivity index (χ1n) is 7.38. The van der Waals surface area contributed by atoms with Gasteiger partial charge >= 0.3 is 5.97 Å². The second-order valence-electron chi connectivity index (χ2n) is 5.51. The van der Waals surface area contributed by atoms with Crippen molar-refractivity contribution in [3.63, 3.8) is 0 Å². The van der Waals surface area contributed by atoms with Gasteiger partial charge in [-0.2, -0.15) is 0 Å². The number of rotatable bonds is 5. The molecular weight excluding hydrogens is 260 g/mol. The maximum Gasteiger partial charge on any atom is 0.339 e. The molecule has 0 saturated carbocycles. The molecule has 1 aromatic carbocycles. The first-order valence-corrected chi connectivity index (χ1v) is 7.38. The summed E-state index contributed by atoms with van der Waals surface area (Å²) < 4.78 is 5.60. The van der Waals surface area contributed by atoms with Crippen molar-refractivity contribution in [2.75, 3.05) is 0 Å². The molecule has 2 heteroatoms. The molecule has 0 bridgehead atoms. The summed E-state index contributed by atoms with van der Waals surface area (Å²) in [5.74, 6) is 5.85. The van der Waals surface area contributed by atoms with Crippen molar-refractivity contribution in [3.05, 3.63) is 47.5 Å². The second kappa shape index (κ2) is 8.32. The summed E-state index contributed by atoms with van der Waals surface area (Å²) in [7, 11) is 0. The first kappa shape index (κ1) is 17.0. The van der Waals surface area contributed by atoms with E-state index >= 15 is 0 Å². The van der Waals surface area contributed by atoms with E-state index in [1.807, 2.05) is 32.0 Å². The third-order valence-corrected chi connectivity index (χ3v) is 3.18. The van der Waals surface area contributed by atoms with Crippen LogP contribution in [0, 0.1) is 24.7 Å². The van der Waals surface area contributed by atoms with Crippen LogP contribution < -0.4 is 0 Å². The highest BCUT2D eigenvalue weighted by Crippen LogP contribution is 2.16. The lowest BCUT2D eigenvalue weighted by atomic mass is 9.99. The molecule has 0 fully saturated rings. The highest BCUT2D eigenvalue weighted by molar-refractivity contribution is 5.89. The summed E-state index contributed by atoms with van der Waals surface area (Å²) in [6, 6.07) is 7.41. The van der Waals surface area contributed by atoms with Crippen molar-refractivity contribution >= 4 is 5.97 Å². The highest BCUT2D eigenvalue weighted by Gasteiger charge is 2.20. The molecule has 2 unspecified atom stereocenters. The standard InChI is InChI=1S/C19H24O2/c1-6-8-16(5)18(12-11-14(2)3)21-19(20)17-10-7-9-15(4)13-17/h7,9-10,13,16,18H,2,6,8H2,1,3-5H3. The number of carbonyl (C=O) groups is 1. The highest BCUT2D eigenvalue weighted by atomic mass is 16.5. The summed E-state index contributed by atoms with van der Waals surface area (Å²) in [5.41, 5.74) is 2.38. The Morgan fingerprint density at radius 1 is 1.43 bits per heavy atom. The molecule has 0 aliphatic carbocycles. The van der Waals surface area contributed by atoms with Gasteiger partial charge in [0.1, 0.15) is 0 Å². The van der Waals surface area contributed by atoms with Gasteiger partial charge in [0.2, 0.25) is 0 Å². The van der Waals surface area contributed by atoms with Crippen LogP contribution in [-0.2, 0) is 4.74 Å². The van der Waals surface area contributed by atoms with Crippen LogP contribution in [0.5, 0.6) is 0 Å². The van der Waals surface area contributed by atoms with E-state index in [1.54, 1.807) is 6.07 Å². The maximum absolute atomic E-state index is 12.2. The smallest absolute Gasteiger partial charge is 0.339 e. The molecule has 2 nitrogen and oxygen atoms in total. The summed E-state index contributed by atoms with van der Waals surface area (Å²) in [4.78, 5) is 12.2.